The van der Waals surface area contributed by atoms with Gasteiger partial charge in [-0.3, -0.25) is 4.79 Å². The minimum atomic E-state index is -0.401. The van der Waals surface area contributed by atoms with Crippen LogP contribution in [0.5, 0.6) is 5.75 Å². The largest absolute Gasteiger partial charge is 0.483 e. The zero-order chi connectivity index (χ0) is 26.7. The number of fused-ring (bicyclic) bond motifs is 1. The van der Waals surface area contributed by atoms with Gasteiger partial charge in [0.05, 0.1) is 18.4 Å². The minimum Gasteiger partial charge on any atom is -0.483 e. The van der Waals surface area contributed by atoms with Crippen LogP contribution in [0.3, 0.4) is 0 Å². The standard InChI is InChI=1S/C27H34N4O4S2/c1-16(35-18-13-11-17(12-14-18)27(2,3)4)23-29-30-26(31(23)5)36-15-21(32)28-24-22(25(33)34-6)19-9-7-8-10-20(19)37-24/h11-14,16H,7-10,15H2,1-6H3,(H,28,32). The number of amides is 1. The van der Waals surface area contributed by atoms with Crippen LogP contribution in [0.15, 0.2) is 29.4 Å². The molecule has 198 valence electrons. The summed E-state index contributed by atoms with van der Waals surface area (Å²) in [5.74, 6) is 0.960. The molecule has 8 nitrogen and oxygen atoms in total. The molecule has 0 aliphatic heterocycles. The van der Waals surface area contributed by atoms with E-state index in [1.807, 2.05) is 30.7 Å². The molecular weight excluding hydrogens is 508 g/mol. The quantitative estimate of drug-likeness (QED) is 0.288. The predicted octanol–water partition coefficient (Wildman–Crippen LogP) is 5.71. The Morgan fingerprint density at radius 2 is 1.86 bits per heavy atom. The van der Waals surface area contributed by atoms with Gasteiger partial charge in [0.1, 0.15) is 10.8 Å². The fourth-order valence-electron chi connectivity index (χ4n) is 4.36. The van der Waals surface area contributed by atoms with Crippen LogP contribution in [-0.4, -0.2) is 39.5 Å². The Bertz CT molecular complexity index is 1270. The Balaban J connectivity index is 1.38. The summed E-state index contributed by atoms with van der Waals surface area (Å²) in [6, 6.07) is 8.10. The summed E-state index contributed by atoms with van der Waals surface area (Å²) in [5.41, 5.74) is 2.84. The third-order valence-electron chi connectivity index (χ3n) is 6.41. The van der Waals surface area contributed by atoms with Gasteiger partial charge in [0.2, 0.25) is 5.91 Å². The SMILES string of the molecule is COC(=O)c1c(NC(=O)CSc2nnc(C(C)Oc3ccc(C(C)(C)C)cc3)n2C)sc2c1CCCC2. The summed E-state index contributed by atoms with van der Waals surface area (Å²) in [7, 11) is 3.23. The molecule has 1 amide bonds. The average Bonchev–Trinajstić information content (AvgIpc) is 3.41. The van der Waals surface area contributed by atoms with E-state index in [1.54, 1.807) is 0 Å². The van der Waals surface area contributed by atoms with Crippen LogP contribution in [0.1, 0.15) is 78.8 Å². The molecule has 1 N–H and O–H groups in total. The number of carbonyl (C=O) groups excluding carboxylic acids is 2. The average molecular weight is 543 g/mol. The van der Waals surface area contributed by atoms with E-state index in [2.05, 4.69) is 48.4 Å². The van der Waals surface area contributed by atoms with E-state index >= 15 is 0 Å². The van der Waals surface area contributed by atoms with Crippen LogP contribution in [0.25, 0.3) is 0 Å². The number of aromatic nitrogens is 3. The zero-order valence-electron chi connectivity index (χ0n) is 22.2. The third-order valence-corrected chi connectivity index (χ3v) is 8.64. The molecule has 0 fully saturated rings. The van der Waals surface area contributed by atoms with E-state index in [-0.39, 0.29) is 23.2 Å². The number of hydrogen-bond acceptors (Lipinski definition) is 8. The van der Waals surface area contributed by atoms with E-state index in [9.17, 15) is 9.59 Å². The maximum absolute atomic E-state index is 12.8. The molecule has 0 saturated heterocycles. The molecule has 2 aromatic heterocycles. The van der Waals surface area contributed by atoms with Gasteiger partial charge in [-0.2, -0.15) is 0 Å². The Labute approximate surface area is 226 Å². The topological polar surface area (TPSA) is 95.3 Å². The fourth-order valence-corrected chi connectivity index (χ4v) is 6.37. The summed E-state index contributed by atoms with van der Waals surface area (Å²) in [6.45, 7) is 8.46. The van der Waals surface area contributed by atoms with Crippen molar-refractivity contribution in [2.75, 3.05) is 18.2 Å². The number of thioether (sulfide) groups is 1. The lowest BCUT2D eigenvalue weighted by atomic mass is 9.87. The first-order chi connectivity index (χ1) is 17.6. The molecule has 1 aromatic carbocycles. The highest BCUT2D eigenvalue weighted by Crippen LogP contribution is 2.38. The van der Waals surface area contributed by atoms with Crippen molar-refractivity contribution >= 4 is 40.0 Å². The third kappa shape index (κ3) is 6.18. The van der Waals surface area contributed by atoms with E-state index in [1.165, 1.54) is 35.8 Å². The first kappa shape index (κ1) is 27.2. The second-order valence-corrected chi connectivity index (χ2v) is 12.2. The van der Waals surface area contributed by atoms with Crippen molar-refractivity contribution in [1.29, 1.82) is 0 Å². The van der Waals surface area contributed by atoms with Gasteiger partial charge in [0.25, 0.3) is 0 Å². The number of anilines is 1. The molecule has 0 radical (unpaired) electrons. The lowest BCUT2D eigenvalue weighted by Gasteiger charge is -2.20. The van der Waals surface area contributed by atoms with E-state index in [0.29, 0.717) is 21.5 Å². The second kappa shape index (κ2) is 11.3. The molecule has 1 aliphatic rings. The van der Waals surface area contributed by atoms with Gasteiger partial charge in [-0.05, 0) is 61.3 Å². The lowest BCUT2D eigenvalue weighted by molar-refractivity contribution is -0.113. The number of thiophene rings is 1. The molecule has 2 heterocycles. The molecular formula is C27H34N4O4S2. The number of hydrogen-bond donors (Lipinski definition) is 1. The molecule has 4 rings (SSSR count). The summed E-state index contributed by atoms with van der Waals surface area (Å²) < 4.78 is 12.9. The summed E-state index contributed by atoms with van der Waals surface area (Å²) in [6.07, 6.45) is 3.58. The summed E-state index contributed by atoms with van der Waals surface area (Å²) in [5, 5.41) is 12.7. The molecule has 0 bridgehead atoms. The molecule has 37 heavy (non-hydrogen) atoms. The Morgan fingerprint density at radius 1 is 1.16 bits per heavy atom. The number of ether oxygens (including phenoxy) is 2. The maximum Gasteiger partial charge on any atom is 0.341 e. The molecule has 10 heteroatoms. The number of benzene rings is 1. The van der Waals surface area contributed by atoms with Crippen molar-refractivity contribution in [2.45, 2.75) is 70.1 Å². The molecule has 1 atom stereocenters. The first-order valence-corrected chi connectivity index (χ1v) is 14.2. The van der Waals surface area contributed by atoms with Crippen LogP contribution in [0, 0.1) is 0 Å². The van der Waals surface area contributed by atoms with Gasteiger partial charge in [-0.25, -0.2) is 4.79 Å². The van der Waals surface area contributed by atoms with Gasteiger partial charge in [0, 0.05) is 11.9 Å². The van der Waals surface area contributed by atoms with Crippen molar-refractivity contribution in [3.05, 3.63) is 51.7 Å². The monoisotopic (exact) mass is 542 g/mol. The Kier molecular flexibility index (Phi) is 8.28. The van der Waals surface area contributed by atoms with Gasteiger partial charge in [0.15, 0.2) is 17.1 Å². The summed E-state index contributed by atoms with van der Waals surface area (Å²) in [4.78, 5) is 26.4. The van der Waals surface area contributed by atoms with Crippen LogP contribution >= 0.6 is 23.1 Å². The number of methoxy groups -OCH3 is 1. The Hall–Kier alpha value is -2.85. The van der Waals surface area contributed by atoms with E-state index in [0.717, 1.165) is 41.9 Å². The molecule has 0 saturated carbocycles. The molecule has 0 spiro atoms. The molecule has 1 unspecified atom stereocenters. The number of carbonyl (C=O) groups is 2. The van der Waals surface area contributed by atoms with Gasteiger partial charge < -0.3 is 19.4 Å². The van der Waals surface area contributed by atoms with Crippen LogP contribution in [0.4, 0.5) is 5.00 Å². The number of aryl methyl sites for hydroxylation is 1. The highest BCUT2D eigenvalue weighted by Gasteiger charge is 2.27. The predicted molar refractivity (Wildman–Crippen MR) is 147 cm³/mol. The van der Waals surface area contributed by atoms with E-state index in [4.69, 9.17) is 9.47 Å². The summed E-state index contributed by atoms with van der Waals surface area (Å²) >= 11 is 2.77. The fraction of sp³-hybridized carbons (Fsp3) is 0.481. The normalized spacial score (nSPS) is 14.1. The van der Waals surface area contributed by atoms with Crippen molar-refractivity contribution in [3.8, 4) is 5.75 Å². The zero-order valence-corrected chi connectivity index (χ0v) is 23.8. The van der Waals surface area contributed by atoms with E-state index < -0.39 is 5.97 Å². The molecule has 3 aromatic rings. The van der Waals surface area contributed by atoms with Crippen molar-refractivity contribution in [2.24, 2.45) is 7.05 Å². The smallest absolute Gasteiger partial charge is 0.341 e. The molecule has 1 aliphatic carbocycles. The number of rotatable bonds is 8. The van der Waals surface area contributed by atoms with Crippen molar-refractivity contribution in [3.63, 3.8) is 0 Å². The first-order valence-electron chi connectivity index (χ1n) is 12.4. The highest BCUT2D eigenvalue weighted by molar-refractivity contribution is 7.99. The number of nitrogens with zero attached hydrogens (tertiary/aromatic N) is 3. The van der Waals surface area contributed by atoms with Gasteiger partial charge in [-0.15, -0.1) is 21.5 Å². The lowest BCUT2D eigenvalue weighted by Crippen LogP contribution is -2.17. The van der Waals surface area contributed by atoms with Crippen molar-refractivity contribution < 1.29 is 19.1 Å². The highest BCUT2D eigenvalue weighted by atomic mass is 32.2. The minimum absolute atomic E-state index is 0.0793. The maximum atomic E-state index is 12.8. The van der Waals surface area contributed by atoms with Crippen molar-refractivity contribution in [1.82, 2.24) is 14.8 Å². The van der Waals surface area contributed by atoms with Crippen LogP contribution in [0.2, 0.25) is 0 Å². The second-order valence-electron chi connectivity index (χ2n) is 10.2. The number of esters is 1. The Morgan fingerprint density at radius 3 is 2.54 bits per heavy atom. The van der Waals surface area contributed by atoms with Crippen LogP contribution < -0.4 is 10.1 Å². The number of nitrogens with one attached hydrogen (secondary N) is 1. The van der Waals surface area contributed by atoms with Crippen LogP contribution in [-0.2, 0) is 34.8 Å². The van der Waals surface area contributed by atoms with Gasteiger partial charge >= 0.3 is 5.97 Å². The van der Waals surface area contributed by atoms with Gasteiger partial charge in [-0.1, -0.05) is 44.7 Å².